The molecule has 1 atom stereocenters. The van der Waals surface area contributed by atoms with Gasteiger partial charge in [0, 0.05) is 5.92 Å². The monoisotopic (exact) mass is 358 g/mol. The highest BCUT2D eigenvalue weighted by Crippen LogP contribution is 2.38. The summed E-state index contributed by atoms with van der Waals surface area (Å²) in [6, 6.07) is 0. The molecule has 2 saturated carbocycles. The van der Waals surface area contributed by atoms with E-state index in [0.29, 0.717) is 5.92 Å². The summed E-state index contributed by atoms with van der Waals surface area (Å²) in [6.45, 7) is 5.59. The van der Waals surface area contributed by atoms with Gasteiger partial charge in [-0.2, -0.15) is 0 Å². The molecule has 0 bridgehead atoms. The van der Waals surface area contributed by atoms with Crippen molar-refractivity contribution in [3.05, 3.63) is 24.0 Å². The second kappa shape index (κ2) is 10.6. The summed E-state index contributed by atoms with van der Waals surface area (Å²) in [7, 11) is 0. The molecule has 0 aromatic carbocycles. The Morgan fingerprint density at radius 2 is 1.38 bits per heavy atom. The first-order chi connectivity index (χ1) is 12.8. The van der Waals surface area contributed by atoms with Gasteiger partial charge in [-0.15, -0.1) is 0 Å². The molecule has 148 valence electrons. The van der Waals surface area contributed by atoms with Gasteiger partial charge in [0.15, 0.2) is 0 Å². The zero-order chi connectivity index (χ0) is 18.2. The molecule has 1 heteroatoms. The number of allylic oxidation sites excluding steroid dienone is 4. The number of rotatable bonds is 7. The van der Waals surface area contributed by atoms with Crippen LogP contribution in [0.4, 0.5) is 0 Å². The van der Waals surface area contributed by atoms with Crippen LogP contribution in [0.1, 0.15) is 97.3 Å². The van der Waals surface area contributed by atoms with E-state index in [1.54, 1.807) is 0 Å². The predicted octanol–water partition coefficient (Wildman–Crippen LogP) is 7.68. The molecular weight excluding hydrogens is 316 g/mol. The largest absolute Gasteiger partial charge is 0.498 e. The smallest absolute Gasteiger partial charge is 0.0951 e. The molecule has 26 heavy (non-hydrogen) atoms. The zero-order valence-corrected chi connectivity index (χ0v) is 17.4. The van der Waals surface area contributed by atoms with E-state index in [-0.39, 0.29) is 0 Å². The highest BCUT2D eigenvalue weighted by Gasteiger charge is 2.26. The lowest BCUT2D eigenvalue weighted by Crippen LogP contribution is -2.22. The van der Waals surface area contributed by atoms with Gasteiger partial charge < -0.3 is 4.74 Å². The Labute approximate surface area is 162 Å². The normalized spacial score (nSPS) is 35.9. The van der Waals surface area contributed by atoms with E-state index in [2.05, 4.69) is 32.1 Å². The minimum absolute atomic E-state index is 0.715. The van der Waals surface area contributed by atoms with Gasteiger partial charge in [0.2, 0.25) is 0 Å². The fraction of sp³-hybridized carbons (Fsp3) is 0.840. The van der Waals surface area contributed by atoms with Gasteiger partial charge in [-0.05, 0) is 94.0 Å². The van der Waals surface area contributed by atoms with E-state index in [1.807, 2.05) is 0 Å². The highest BCUT2D eigenvalue weighted by atomic mass is 16.5. The molecule has 0 amide bonds. The van der Waals surface area contributed by atoms with Crippen molar-refractivity contribution in [3.63, 3.8) is 0 Å². The maximum Gasteiger partial charge on any atom is 0.0951 e. The maximum atomic E-state index is 6.15. The Bertz CT molecular complexity index is 447. The van der Waals surface area contributed by atoms with E-state index in [1.165, 1.54) is 89.2 Å². The third-order valence-electron chi connectivity index (χ3n) is 7.25. The van der Waals surface area contributed by atoms with E-state index in [0.717, 1.165) is 30.3 Å². The van der Waals surface area contributed by atoms with E-state index in [9.17, 15) is 0 Å². The van der Waals surface area contributed by atoms with Crippen LogP contribution in [0.3, 0.4) is 0 Å². The maximum absolute atomic E-state index is 6.15. The standard InChI is InChI=1S/C25H42O/c1-3-5-20-7-9-21(10-8-20)11-12-22-13-16-24(17-14-22)25-18-15-23(6-4-2)19-26-25/h11-12,18,20-24H,3-10,13-17,19H2,1-2H3/b12-11+. The molecule has 1 aliphatic heterocycles. The lowest BCUT2D eigenvalue weighted by Gasteiger charge is -2.32. The molecular formula is C25H42O. The molecule has 2 aliphatic carbocycles. The summed E-state index contributed by atoms with van der Waals surface area (Å²) in [5.41, 5.74) is 0. The molecule has 0 aromatic rings. The van der Waals surface area contributed by atoms with Crippen molar-refractivity contribution in [2.75, 3.05) is 6.61 Å². The van der Waals surface area contributed by atoms with Gasteiger partial charge in [-0.1, -0.05) is 45.3 Å². The van der Waals surface area contributed by atoms with Crippen LogP contribution in [0.2, 0.25) is 0 Å². The SMILES string of the molecule is CCCC1CCC(/C=C/C2CCC(C3=CCC(CCC)CO3)CC2)CC1. The Morgan fingerprint density at radius 3 is 1.92 bits per heavy atom. The van der Waals surface area contributed by atoms with Crippen molar-refractivity contribution in [3.8, 4) is 0 Å². The van der Waals surface area contributed by atoms with Crippen LogP contribution in [-0.4, -0.2) is 6.61 Å². The lowest BCUT2D eigenvalue weighted by atomic mass is 9.77. The number of hydrogen-bond acceptors (Lipinski definition) is 1. The van der Waals surface area contributed by atoms with Gasteiger partial charge in [-0.25, -0.2) is 0 Å². The summed E-state index contributed by atoms with van der Waals surface area (Å²) in [5.74, 6) is 5.56. The highest BCUT2D eigenvalue weighted by molar-refractivity contribution is 5.05. The average molecular weight is 359 g/mol. The van der Waals surface area contributed by atoms with Crippen LogP contribution in [0.15, 0.2) is 24.0 Å². The van der Waals surface area contributed by atoms with Gasteiger partial charge in [0.1, 0.15) is 0 Å². The van der Waals surface area contributed by atoms with Crippen LogP contribution in [-0.2, 0) is 4.74 Å². The molecule has 0 radical (unpaired) electrons. The summed E-state index contributed by atoms with van der Waals surface area (Å²) >= 11 is 0. The van der Waals surface area contributed by atoms with Crippen molar-refractivity contribution in [2.45, 2.75) is 97.3 Å². The summed E-state index contributed by atoms with van der Waals surface area (Å²) < 4.78 is 6.15. The molecule has 1 unspecified atom stereocenters. The fourth-order valence-corrected chi connectivity index (χ4v) is 5.51. The van der Waals surface area contributed by atoms with Crippen LogP contribution in [0.25, 0.3) is 0 Å². The fourth-order valence-electron chi connectivity index (χ4n) is 5.51. The molecule has 3 aliphatic rings. The summed E-state index contributed by atoms with van der Waals surface area (Å²) in [4.78, 5) is 0. The van der Waals surface area contributed by atoms with Crippen molar-refractivity contribution in [1.82, 2.24) is 0 Å². The topological polar surface area (TPSA) is 9.23 Å². The van der Waals surface area contributed by atoms with Gasteiger partial charge in [0.25, 0.3) is 0 Å². The second-order valence-electron chi connectivity index (χ2n) is 9.37. The molecule has 0 spiro atoms. The molecule has 2 fully saturated rings. The minimum Gasteiger partial charge on any atom is -0.498 e. The first-order valence-corrected chi connectivity index (χ1v) is 11.8. The van der Waals surface area contributed by atoms with E-state index >= 15 is 0 Å². The van der Waals surface area contributed by atoms with Crippen molar-refractivity contribution < 1.29 is 4.74 Å². The molecule has 1 nitrogen and oxygen atoms in total. The Balaban J connectivity index is 1.36. The first kappa shape index (κ1) is 20.0. The molecule has 0 N–H and O–H groups in total. The average Bonchev–Trinajstić information content (AvgIpc) is 2.69. The molecule has 1 heterocycles. The Morgan fingerprint density at radius 1 is 0.808 bits per heavy atom. The first-order valence-electron chi connectivity index (χ1n) is 11.8. The quantitative estimate of drug-likeness (QED) is 0.424. The third-order valence-corrected chi connectivity index (χ3v) is 7.25. The summed E-state index contributed by atoms with van der Waals surface area (Å²) in [6.07, 6.45) is 25.5. The predicted molar refractivity (Wildman–Crippen MR) is 112 cm³/mol. The molecule has 3 rings (SSSR count). The lowest BCUT2D eigenvalue weighted by molar-refractivity contribution is 0.103. The van der Waals surface area contributed by atoms with E-state index < -0.39 is 0 Å². The third kappa shape index (κ3) is 5.89. The van der Waals surface area contributed by atoms with Crippen LogP contribution in [0.5, 0.6) is 0 Å². The molecule has 0 aromatic heterocycles. The number of ether oxygens (including phenoxy) is 1. The summed E-state index contributed by atoms with van der Waals surface area (Å²) in [5, 5.41) is 0. The van der Waals surface area contributed by atoms with Crippen LogP contribution < -0.4 is 0 Å². The van der Waals surface area contributed by atoms with Gasteiger partial charge >= 0.3 is 0 Å². The Kier molecular flexibility index (Phi) is 8.14. The van der Waals surface area contributed by atoms with Crippen LogP contribution >= 0.6 is 0 Å². The zero-order valence-electron chi connectivity index (χ0n) is 17.4. The Hall–Kier alpha value is -0.720. The second-order valence-corrected chi connectivity index (χ2v) is 9.37. The van der Waals surface area contributed by atoms with Crippen molar-refractivity contribution >= 4 is 0 Å². The van der Waals surface area contributed by atoms with Crippen molar-refractivity contribution in [2.24, 2.45) is 29.6 Å². The van der Waals surface area contributed by atoms with Crippen molar-refractivity contribution in [1.29, 1.82) is 0 Å². The van der Waals surface area contributed by atoms with Gasteiger partial charge in [0.05, 0.1) is 12.4 Å². The van der Waals surface area contributed by atoms with Gasteiger partial charge in [-0.3, -0.25) is 0 Å². The van der Waals surface area contributed by atoms with E-state index in [4.69, 9.17) is 4.74 Å². The molecule has 0 saturated heterocycles. The van der Waals surface area contributed by atoms with Crippen LogP contribution in [0, 0.1) is 29.6 Å². The minimum atomic E-state index is 0.715. The number of hydrogen-bond donors (Lipinski definition) is 0.